The van der Waals surface area contributed by atoms with Gasteiger partial charge in [-0.05, 0) is 49.2 Å². The molecule has 2 aromatic heterocycles. The molecule has 0 aliphatic carbocycles. The fourth-order valence-electron chi connectivity index (χ4n) is 4.52. The summed E-state index contributed by atoms with van der Waals surface area (Å²) in [5.41, 5.74) is 2.04. The molecule has 2 amide bonds. The normalized spacial score (nSPS) is 17.0. The molecule has 2 fully saturated rings. The van der Waals surface area contributed by atoms with Crippen LogP contribution in [0.3, 0.4) is 0 Å². The highest BCUT2D eigenvalue weighted by Crippen LogP contribution is 2.34. The van der Waals surface area contributed by atoms with Crippen LogP contribution < -0.4 is 10.5 Å². The number of thioether (sulfide) groups is 1. The molecule has 9 nitrogen and oxygen atoms in total. The number of benzene rings is 1. The second-order valence-corrected chi connectivity index (χ2v) is 10.8. The molecule has 0 spiro atoms. The van der Waals surface area contributed by atoms with Crippen LogP contribution in [0.1, 0.15) is 23.6 Å². The van der Waals surface area contributed by atoms with E-state index in [1.807, 2.05) is 17.9 Å². The zero-order chi connectivity index (χ0) is 27.7. The molecule has 39 heavy (non-hydrogen) atoms. The van der Waals surface area contributed by atoms with Gasteiger partial charge in [-0.2, -0.15) is 0 Å². The highest BCUT2D eigenvalue weighted by atomic mass is 32.2. The molecule has 5 rings (SSSR count). The van der Waals surface area contributed by atoms with Crippen LogP contribution in [0.15, 0.2) is 52.3 Å². The minimum atomic E-state index is -0.371. The van der Waals surface area contributed by atoms with Crippen LogP contribution in [0.4, 0.5) is 15.0 Å². The molecule has 12 heteroatoms. The van der Waals surface area contributed by atoms with Crippen molar-refractivity contribution in [2.45, 2.75) is 20.4 Å². The summed E-state index contributed by atoms with van der Waals surface area (Å²) < 4.78 is 20.3. The van der Waals surface area contributed by atoms with Crippen molar-refractivity contribution in [3.8, 4) is 0 Å². The number of anilines is 1. The van der Waals surface area contributed by atoms with Crippen molar-refractivity contribution in [3.05, 3.63) is 80.4 Å². The van der Waals surface area contributed by atoms with Crippen molar-refractivity contribution < 1.29 is 18.7 Å². The van der Waals surface area contributed by atoms with E-state index in [9.17, 15) is 18.8 Å². The maximum absolute atomic E-state index is 13.7. The summed E-state index contributed by atoms with van der Waals surface area (Å²) in [7, 11) is 0. The fraction of sp³-hybridized carbons (Fsp3) is 0.296. The van der Waals surface area contributed by atoms with Crippen LogP contribution in [0.5, 0.6) is 0 Å². The van der Waals surface area contributed by atoms with E-state index in [2.05, 4.69) is 0 Å². The quantitative estimate of drug-likeness (QED) is 0.340. The van der Waals surface area contributed by atoms with Gasteiger partial charge in [-0.15, -0.1) is 0 Å². The third-order valence-electron chi connectivity index (χ3n) is 6.57. The van der Waals surface area contributed by atoms with Crippen molar-refractivity contribution in [1.29, 1.82) is 0 Å². The van der Waals surface area contributed by atoms with Crippen LogP contribution in [-0.4, -0.2) is 68.3 Å². The molecule has 4 heterocycles. The predicted octanol–water partition coefficient (Wildman–Crippen LogP) is 3.82. The summed E-state index contributed by atoms with van der Waals surface area (Å²) in [4.78, 5) is 49.5. The maximum Gasteiger partial charge on any atom is 0.409 e. The number of piperazine rings is 1. The van der Waals surface area contributed by atoms with Gasteiger partial charge < -0.3 is 14.5 Å². The number of amides is 2. The van der Waals surface area contributed by atoms with Gasteiger partial charge in [0, 0.05) is 32.4 Å². The van der Waals surface area contributed by atoms with Gasteiger partial charge in [0.25, 0.3) is 11.5 Å². The molecule has 202 valence electrons. The number of ether oxygens (including phenoxy) is 1. The molecular weight excluding hydrogens is 541 g/mol. The van der Waals surface area contributed by atoms with Crippen molar-refractivity contribution in [3.63, 3.8) is 0 Å². The maximum atomic E-state index is 13.7. The van der Waals surface area contributed by atoms with E-state index in [1.54, 1.807) is 42.3 Å². The van der Waals surface area contributed by atoms with Crippen molar-refractivity contribution in [2.75, 3.05) is 37.7 Å². The van der Waals surface area contributed by atoms with Gasteiger partial charge in [0.05, 0.1) is 23.6 Å². The topological polar surface area (TPSA) is 87.5 Å². The van der Waals surface area contributed by atoms with E-state index < -0.39 is 0 Å². The smallest absolute Gasteiger partial charge is 0.409 e. The van der Waals surface area contributed by atoms with Gasteiger partial charge in [-0.25, -0.2) is 14.2 Å². The minimum Gasteiger partial charge on any atom is -0.450 e. The van der Waals surface area contributed by atoms with E-state index >= 15 is 0 Å². The lowest BCUT2D eigenvalue weighted by molar-refractivity contribution is -0.122. The third-order valence-corrected chi connectivity index (χ3v) is 7.95. The number of hydrogen-bond donors (Lipinski definition) is 0. The first-order valence-electron chi connectivity index (χ1n) is 12.4. The zero-order valence-corrected chi connectivity index (χ0v) is 23.1. The standard InChI is InChI=1S/C27H26FN5O4S2/c1-3-37-26(36)31-13-11-30(12-14-31)23-20(24(34)32-10-4-5-17(2)22(32)29-23)15-21-25(35)33(27(38)39-21)16-18-6-8-19(28)9-7-18/h4-10,15H,3,11-14,16H2,1-2H3. The number of carbonyl (C=O) groups excluding carboxylic acids is 2. The SMILES string of the molecule is CCOC(=O)N1CCN(c2nc3c(C)cccn3c(=O)c2C=C2SC(=S)N(Cc3ccc(F)cc3)C2=O)CC1. The number of halogens is 1. The molecule has 0 atom stereocenters. The number of nitrogens with zero attached hydrogens (tertiary/aromatic N) is 5. The Balaban J connectivity index is 1.50. The van der Waals surface area contributed by atoms with E-state index in [4.69, 9.17) is 21.9 Å². The fourth-order valence-corrected chi connectivity index (χ4v) is 5.76. The van der Waals surface area contributed by atoms with Crippen molar-refractivity contribution >= 4 is 57.8 Å². The first-order valence-corrected chi connectivity index (χ1v) is 13.7. The third kappa shape index (κ3) is 5.39. The summed E-state index contributed by atoms with van der Waals surface area (Å²) in [6, 6.07) is 9.53. The molecule has 0 bridgehead atoms. The number of rotatable bonds is 5. The van der Waals surface area contributed by atoms with Gasteiger partial charge in [0.1, 0.15) is 21.6 Å². The Labute approximate surface area is 233 Å². The number of thiocarbonyl (C=S) groups is 1. The highest BCUT2D eigenvalue weighted by molar-refractivity contribution is 8.26. The number of fused-ring (bicyclic) bond motifs is 1. The summed E-state index contributed by atoms with van der Waals surface area (Å²) >= 11 is 6.59. The zero-order valence-electron chi connectivity index (χ0n) is 21.4. The number of hydrogen-bond acceptors (Lipinski definition) is 8. The Morgan fingerprint density at radius 3 is 2.56 bits per heavy atom. The molecule has 2 aliphatic heterocycles. The Morgan fingerprint density at radius 1 is 1.15 bits per heavy atom. The Kier molecular flexibility index (Phi) is 7.67. The van der Waals surface area contributed by atoms with Gasteiger partial charge in [0.2, 0.25) is 0 Å². The summed E-state index contributed by atoms with van der Waals surface area (Å²) in [6.07, 6.45) is 2.84. The van der Waals surface area contributed by atoms with E-state index in [0.29, 0.717) is 53.5 Å². The summed E-state index contributed by atoms with van der Waals surface area (Å²) in [5, 5.41) is 0. The van der Waals surface area contributed by atoms with E-state index in [-0.39, 0.29) is 35.5 Å². The monoisotopic (exact) mass is 567 g/mol. The van der Waals surface area contributed by atoms with Gasteiger partial charge in [-0.1, -0.05) is 42.2 Å². The van der Waals surface area contributed by atoms with E-state index in [0.717, 1.165) is 22.9 Å². The molecule has 1 aromatic carbocycles. The van der Waals surface area contributed by atoms with Crippen LogP contribution in [0, 0.1) is 12.7 Å². The largest absolute Gasteiger partial charge is 0.450 e. The number of aromatic nitrogens is 2. The van der Waals surface area contributed by atoms with Crippen LogP contribution in [0.25, 0.3) is 11.7 Å². The average Bonchev–Trinajstić information content (AvgIpc) is 3.19. The van der Waals surface area contributed by atoms with E-state index in [1.165, 1.54) is 21.4 Å². The molecule has 0 N–H and O–H groups in total. The first kappa shape index (κ1) is 26.8. The second-order valence-electron chi connectivity index (χ2n) is 9.11. The molecular formula is C27H26FN5O4S2. The predicted molar refractivity (Wildman–Crippen MR) is 152 cm³/mol. The number of pyridine rings is 1. The summed E-state index contributed by atoms with van der Waals surface area (Å²) in [6.45, 7) is 5.84. The molecule has 3 aromatic rings. The van der Waals surface area contributed by atoms with Crippen molar-refractivity contribution in [1.82, 2.24) is 19.2 Å². The molecule has 0 radical (unpaired) electrons. The van der Waals surface area contributed by atoms with Crippen LogP contribution >= 0.6 is 24.0 Å². The summed E-state index contributed by atoms with van der Waals surface area (Å²) in [5.74, 6) is -0.248. The lowest BCUT2D eigenvalue weighted by Crippen LogP contribution is -2.49. The van der Waals surface area contributed by atoms with Gasteiger partial charge in [-0.3, -0.25) is 18.9 Å². The van der Waals surface area contributed by atoms with Gasteiger partial charge in [0.15, 0.2) is 0 Å². The highest BCUT2D eigenvalue weighted by Gasteiger charge is 2.33. The van der Waals surface area contributed by atoms with Gasteiger partial charge >= 0.3 is 6.09 Å². The minimum absolute atomic E-state index is 0.194. The number of carbonyl (C=O) groups is 2. The molecule has 2 saturated heterocycles. The molecule has 0 unspecified atom stereocenters. The first-order chi connectivity index (χ1) is 18.8. The van der Waals surface area contributed by atoms with Crippen LogP contribution in [-0.2, 0) is 16.1 Å². The Hall–Kier alpha value is -3.77. The molecule has 0 saturated carbocycles. The molecule has 2 aliphatic rings. The Morgan fingerprint density at radius 2 is 1.87 bits per heavy atom. The second kappa shape index (κ2) is 11.1. The van der Waals surface area contributed by atoms with Crippen molar-refractivity contribution in [2.24, 2.45) is 0 Å². The Bertz CT molecular complexity index is 1550. The number of aryl methyl sites for hydroxylation is 1. The lowest BCUT2D eigenvalue weighted by atomic mass is 10.2. The van der Waals surface area contributed by atoms with Crippen LogP contribution in [0.2, 0.25) is 0 Å². The lowest BCUT2D eigenvalue weighted by Gasteiger charge is -2.35. The average molecular weight is 568 g/mol.